The second kappa shape index (κ2) is 9.05. The first-order chi connectivity index (χ1) is 12.5. The van der Waals surface area contributed by atoms with Crippen LogP contribution in [-0.4, -0.2) is 52.7 Å². The molecule has 1 aliphatic rings. The topological polar surface area (TPSA) is 73.5 Å². The molecule has 140 valence electrons. The number of carbonyl (C=O) groups excluding carboxylic acids is 1. The van der Waals surface area contributed by atoms with Gasteiger partial charge in [-0.05, 0) is 18.2 Å². The van der Waals surface area contributed by atoms with Gasteiger partial charge in [0.25, 0.3) is 0 Å². The standard InChI is InChI=1S/C16H19Cl2N5O2S/c1-22-14(9-23-2-4-25-5-3-23)20-21-16(22)26-10-15(24)19-13-7-11(17)6-12(18)8-13/h6-8H,2-5,9-10H2,1H3,(H,19,24)/p+1. The third kappa shape index (κ3) is 5.34. The Morgan fingerprint density at radius 1 is 1.27 bits per heavy atom. The van der Waals surface area contributed by atoms with Gasteiger partial charge in [0.2, 0.25) is 5.91 Å². The molecular weight excluding hydrogens is 397 g/mol. The van der Waals surface area contributed by atoms with Gasteiger partial charge >= 0.3 is 0 Å². The number of aromatic nitrogens is 3. The van der Waals surface area contributed by atoms with Crippen molar-refractivity contribution >= 4 is 46.6 Å². The summed E-state index contributed by atoms with van der Waals surface area (Å²) in [6, 6.07) is 4.92. The molecular formula is C16H20Cl2N5O2S+. The number of benzene rings is 1. The minimum atomic E-state index is -0.156. The molecule has 1 saturated heterocycles. The lowest BCUT2D eigenvalue weighted by atomic mass is 10.3. The van der Waals surface area contributed by atoms with Crippen LogP contribution in [0, 0.1) is 0 Å². The first kappa shape index (κ1) is 19.4. The number of carbonyl (C=O) groups is 1. The number of anilines is 1. The van der Waals surface area contributed by atoms with Crippen LogP contribution in [0.1, 0.15) is 5.82 Å². The highest BCUT2D eigenvalue weighted by Crippen LogP contribution is 2.23. The van der Waals surface area contributed by atoms with E-state index in [1.165, 1.54) is 16.7 Å². The SMILES string of the molecule is Cn1c(C[NH+]2CCOCC2)nnc1SCC(=O)Nc1cc(Cl)cc(Cl)c1. The van der Waals surface area contributed by atoms with Gasteiger partial charge in [0, 0.05) is 22.8 Å². The van der Waals surface area contributed by atoms with Crippen LogP contribution in [0.4, 0.5) is 5.69 Å². The van der Waals surface area contributed by atoms with Gasteiger partial charge in [-0.25, -0.2) is 0 Å². The smallest absolute Gasteiger partial charge is 0.234 e. The minimum absolute atomic E-state index is 0.156. The Balaban J connectivity index is 1.53. The van der Waals surface area contributed by atoms with E-state index in [9.17, 15) is 4.79 Å². The highest BCUT2D eigenvalue weighted by molar-refractivity contribution is 7.99. The van der Waals surface area contributed by atoms with Gasteiger partial charge in [0.15, 0.2) is 11.0 Å². The van der Waals surface area contributed by atoms with Gasteiger partial charge < -0.3 is 19.5 Å². The van der Waals surface area contributed by atoms with Crippen LogP contribution in [0.25, 0.3) is 0 Å². The molecule has 0 bridgehead atoms. The summed E-state index contributed by atoms with van der Waals surface area (Å²) in [5.74, 6) is 0.976. The van der Waals surface area contributed by atoms with Crippen LogP contribution < -0.4 is 10.2 Å². The monoisotopic (exact) mass is 416 g/mol. The Morgan fingerprint density at radius 3 is 2.65 bits per heavy atom. The Morgan fingerprint density at radius 2 is 1.96 bits per heavy atom. The number of hydrogen-bond donors (Lipinski definition) is 2. The molecule has 1 amide bonds. The summed E-state index contributed by atoms with van der Waals surface area (Å²) in [6.45, 7) is 4.31. The highest BCUT2D eigenvalue weighted by atomic mass is 35.5. The van der Waals surface area contributed by atoms with Gasteiger partial charge in [0.05, 0.1) is 19.0 Å². The van der Waals surface area contributed by atoms with Crippen LogP contribution >= 0.6 is 35.0 Å². The molecule has 3 rings (SSSR count). The van der Waals surface area contributed by atoms with E-state index in [1.807, 2.05) is 11.6 Å². The maximum Gasteiger partial charge on any atom is 0.234 e. The van der Waals surface area contributed by atoms with Gasteiger partial charge in [-0.2, -0.15) is 0 Å². The molecule has 1 aromatic heterocycles. The van der Waals surface area contributed by atoms with E-state index in [4.69, 9.17) is 27.9 Å². The van der Waals surface area contributed by atoms with E-state index in [1.54, 1.807) is 18.2 Å². The fourth-order valence-electron chi connectivity index (χ4n) is 2.64. The van der Waals surface area contributed by atoms with Crippen molar-refractivity contribution in [2.45, 2.75) is 11.7 Å². The Kier molecular flexibility index (Phi) is 6.77. The second-order valence-corrected chi connectivity index (χ2v) is 7.81. The fraction of sp³-hybridized carbons (Fsp3) is 0.438. The third-order valence-electron chi connectivity index (χ3n) is 4.01. The molecule has 26 heavy (non-hydrogen) atoms. The summed E-state index contributed by atoms with van der Waals surface area (Å²) in [4.78, 5) is 13.6. The summed E-state index contributed by atoms with van der Waals surface area (Å²) >= 11 is 13.2. The van der Waals surface area contributed by atoms with Gasteiger partial charge in [0.1, 0.15) is 19.6 Å². The lowest BCUT2D eigenvalue weighted by molar-refractivity contribution is -0.922. The van der Waals surface area contributed by atoms with Crippen LogP contribution in [0.3, 0.4) is 0 Å². The Bertz CT molecular complexity index is 760. The van der Waals surface area contributed by atoms with Crippen molar-refractivity contribution in [3.05, 3.63) is 34.1 Å². The molecule has 0 atom stereocenters. The molecule has 0 saturated carbocycles. The number of thioether (sulfide) groups is 1. The summed E-state index contributed by atoms with van der Waals surface area (Å²) in [6.07, 6.45) is 0. The zero-order valence-corrected chi connectivity index (χ0v) is 16.6. The van der Waals surface area contributed by atoms with E-state index in [0.29, 0.717) is 20.9 Å². The lowest BCUT2D eigenvalue weighted by Gasteiger charge is -2.23. The third-order valence-corrected chi connectivity index (χ3v) is 5.47. The minimum Gasteiger partial charge on any atom is -0.370 e. The number of halogens is 2. The zero-order valence-electron chi connectivity index (χ0n) is 14.3. The van der Waals surface area contributed by atoms with E-state index in [-0.39, 0.29) is 11.7 Å². The molecule has 0 spiro atoms. The summed E-state index contributed by atoms with van der Waals surface area (Å²) in [7, 11) is 1.92. The number of nitrogens with zero attached hydrogens (tertiary/aromatic N) is 3. The molecule has 2 aromatic rings. The summed E-state index contributed by atoms with van der Waals surface area (Å²) in [5, 5.41) is 12.9. The van der Waals surface area contributed by atoms with Gasteiger partial charge in [-0.1, -0.05) is 35.0 Å². The molecule has 2 heterocycles. The molecule has 7 nitrogen and oxygen atoms in total. The predicted molar refractivity (Wildman–Crippen MR) is 102 cm³/mol. The predicted octanol–water partition coefficient (Wildman–Crippen LogP) is 1.27. The van der Waals surface area contributed by atoms with Crippen LogP contribution in [0.5, 0.6) is 0 Å². The fourth-order valence-corrected chi connectivity index (χ4v) is 3.89. The molecule has 1 aliphatic heterocycles. The number of rotatable bonds is 6. The van der Waals surface area contributed by atoms with E-state index >= 15 is 0 Å². The quantitative estimate of drug-likeness (QED) is 0.693. The number of amides is 1. The van der Waals surface area contributed by atoms with Crippen LogP contribution in [0.15, 0.2) is 23.4 Å². The number of nitrogens with one attached hydrogen (secondary N) is 2. The first-order valence-electron chi connectivity index (χ1n) is 8.19. The highest BCUT2D eigenvalue weighted by Gasteiger charge is 2.19. The van der Waals surface area contributed by atoms with E-state index in [2.05, 4.69) is 15.5 Å². The number of hydrogen-bond acceptors (Lipinski definition) is 5. The Hall–Kier alpha value is -1.32. The van der Waals surface area contributed by atoms with Gasteiger partial charge in [-0.3, -0.25) is 4.79 Å². The van der Waals surface area contributed by atoms with Crippen molar-refractivity contribution in [1.29, 1.82) is 0 Å². The largest absolute Gasteiger partial charge is 0.370 e. The van der Waals surface area contributed by atoms with Crippen LogP contribution in [-0.2, 0) is 23.1 Å². The maximum atomic E-state index is 12.1. The number of ether oxygens (including phenoxy) is 1. The second-order valence-electron chi connectivity index (χ2n) is 5.99. The van der Waals surface area contributed by atoms with Crippen molar-refractivity contribution in [3.63, 3.8) is 0 Å². The molecule has 10 heteroatoms. The lowest BCUT2D eigenvalue weighted by Crippen LogP contribution is -3.12. The molecule has 0 unspecified atom stereocenters. The maximum absolute atomic E-state index is 12.1. The molecule has 0 aliphatic carbocycles. The molecule has 0 radical (unpaired) electrons. The Labute approximate surface area is 166 Å². The van der Waals surface area contributed by atoms with Crippen LogP contribution in [0.2, 0.25) is 10.0 Å². The normalized spacial score (nSPS) is 15.2. The number of quaternary nitrogens is 1. The molecule has 2 N–H and O–H groups in total. The van der Waals surface area contributed by atoms with Crippen molar-refractivity contribution in [2.24, 2.45) is 7.05 Å². The van der Waals surface area contributed by atoms with Crippen molar-refractivity contribution in [2.75, 3.05) is 37.4 Å². The summed E-state index contributed by atoms with van der Waals surface area (Å²) < 4.78 is 7.31. The van der Waals surface area contributed by atoms with Crippen molar-refractivity contribution < 1.29 is 14.4 Å². The first-order valence-corrected chi connectivity index (χ1v) is 9.94. The van der Waals surface area contributed by atoms with Crippen molar-refractivity contribution in [1.82, 2.24) is 14.8 Å². The van der Waals surface area contributed by atoms with E-state index < -0.39 is 0 Å². The summed E-state index contributed by atoms with van der Waals surface area (Å²) in [5.41, 5.74) is 0.572. The zero-order chi connectivity index (χ0) is 18.5. The average molecular weight is 417 g/mol. The van der Waals surface area contributed by atoms with Crippen molar-refractivity contribution in [3.8, 4) is 0 Å². The number of morpholine rings is 1. The molecule has 1 fully saturated rings. The van der Waals surface area contributed by atoms with E-state index in [0.717, 1.165) is 38.7 Å². The van der Waals surface area contributed by atoms with Gasteiger partial charge in [-0.15, -0.1) is 10.2 Å². The molecule has 1 aromatic carbocycles. The average Bonchev–Trinajstić information content (AvgIpc) is 2.93.